The second-order valence-corrected chi connectivity index (χ2v) is 4.41. The minimum atomic E-state index is -5.28. The van der Waals surface area contributed by atoms with E-state index < -0.39 is 37.3 Å². The molecular formula is C12H9F6N5O2. The van der Waals surface area contributed by atoms with Gasteiger partial charge in [0, 0.05) is 29.4 Å². The molecule has 13 heteroatoms. The Kier molecular flexibility index (Phi) is 6.23. The standard InChI is InChI=1S/C12H9F6N5O2/c13-11(14,15)9(24)20-5-6-23(10(25)12(16,17)18)8-3-1-7(2-4-8)21-22-19/h1-4H,5-6H2,(H,20,24). The molecule has 0 bridgehead atoms. The van der Waals surface area contributed by atoms with E-state index in [4.69, 9.17) is 5.53 Å². The Morgan fingerprint density at radius 2 is 1.64 bits per heavy atom. The lowest BCUT2D eigenvalue weighted by molar-refractivity contribution is -0.173. The number of anilines is 1. The molecule has 1 aromatic carbocycles. The van der Waals surface area contributed by atoms with Crippen molar-refractivity contribution in [3.63, 3.8) is 0 Å². The third kappa shape index (κ3) is 5.88. The molecule has 1 N–H and O–H groups in total. The molecule has 0 aliphatic heterocycles. The van der Waals surface area contributed by atoms with Crippen molar-refractivity contribution in [1.29, 1.82) is 0 Å². The highest BCUT2D eigenvalue weighted by Crippen LogP contribution is 2.25. The number of nitrogens with zero attached hydrogens (tertiary/aromatic N) is 4. The predicted octanol–water partition coefficient (Wildman–Crippen LogP) is 3.20. The van der Waals surface area contributed by atoms with Crippen molar-refractivity contribution in [2.75, 3.05) is 18.0 Å². The zero-order valence-electron chi connectivity index (χ0n) is 12.1. The summed E-state index contributed by atoms with van der Waals surface area (Å²) in [6.07, 6.45) is -10.5. The summed E-state index contributed by atoms with van der Waals surface area (Å²) in [5.41, 5.74) is 7.99. The number of hydrogen-bond donors (Lipinski definition) is 1. The van der Waals surface area contributed by atoms with Gasteiger partial charge in [-0.05, 0) is 17.7 Å². The summed E-state index contributed by atoms with van der Waals surface area (Å²) in [6.45, 7) is -1.72. The van der Waals surface area contributed by atoms with Crippen molar-refractivity contribution in [3.8, 4) is 0 Å². The van der Waals surface area contributed by atoms with Crippen LogP contribution < -0.4 is 10.2 Å². The Balaban J connectivity index is 2.96. The number of carbonyl (C=O) groups is 2. The van der Waals surface area contributed by atoms with Gasteiger partial charge < -0.3 is 10.2 Å². The van der Waals surface area contributed by atoms with Crippen LogP contribution in [0.15, 0.2) is 29.4 Å². The average molecular weight is 369 g/mol. The van der Waals surface area contributed by atoms with Gasteiger partial charge in [-0.2, -0.15) is 26.3 Å². The van der Waals surface area contributed by atoms with Crippen molar-refractivity contribution < 1.29 is 35.9 Å². The SMILES string of the molecule is [N-]=[N+]=Nc1ccc(N(CCNC(=O)C(F)(F)F)C(=O)C(F)(F)F)cc1. The molecule has 0 spiro atoms. The maximum absolute atomic E-state index is 12.6. The largest absolute Gasteiger partial charge is 0.471 e. The third-order valence-electron chi connectivity index (χ3n) is 2.69. The highest BCUT2D eigenvalue weighted by atomic mass is 19.4. The first-order chi connectivity index (χ1) is 11.5. The molecule has 0 aliphatic carbocycles. The van der Waals surface area contributed by atoms with E-state index in [9.17, 15) is 35.9 Å². The number of rotatable bonds is 5. The Morgan fingerprint density at radius 1 is 1.08 bits per heavy atom. The number of nitrogens with one attached hydrogen (secondary N) is 1. The molecule has 0 saturated carbocycles. The first kappa shape index (κ1) is 20.1. The van der Waals surface area contributed by atoms with E-state index in [1.807, 2.05) is 0 Å². The predicted molar refractivity (Wildman–Crippen MR) is 72.7 cm³/mol. The van der Waals surface area contributed by atoms with Gasteiger partial charge in [-0.3, -0.25) is 9.59 Å². The second kappa shape index (κ2) is 7.75. The minimum absolute atomic E-state index is 0.0519. The van der Waals surface area contributed by atoms with Crippen LogP contribution in [-0.4, -0.2) is 37.3 Å². The summed E-state index contributed by atoms with van der Waals surface area (Å²) in [6, 6.07) is 4.25. The van der Waals surface area contributed by atoms with Crippen LogP contribution >= 0.6 is 0 Å². The van der Waals surface area contributed by atoms with Gasteiger partial charge in [0.05, 0.1) is 0 Å². The quantitative estimate of drug-likeness (QED) is 0.373. The van der Waals surface area contributed by atoms with Gasteiger partial charge in [0.25, 0.3) is 0 Å². The number of azide groups is 1. The molecule has 1 rings (SSSR count). The highest BCUT2D eigenvalue weighted by Gasteiger charge is 2.43. The van der Waals surface area contributed by atoms with Gasteiger partial charge >= 0.3 is 24.2 Å². The first-order valence-electron chi connectivity index (χ1n) is 6.35. The summed E-state index contributed by atoms with van der Waals surface area (Å²) in [4.78, 5) is 24.7. The van der Waals surface area contributed by atoms with Crippen LogP contribution in [0.2, 0.25) is 0 Å². The molecule has 0 aromatic heterocycles. The van der Waals surface area contributed by atoms with Crippen molar-refractivity contribution in [1.82, 2.24) is 5.32 Å². The summed E-state index contributed by atoms with van der Waals surface area (Å²) in [5, 5.41) is 4.56. The number of hydrogen-bond acceptors (Lipinski definition) is 3. The number of amides is 2. The fraction of sp³-hybridized carbons (Fsp3) is 0.333. The molecule has 136 valence electrons. The lowest BCUT2D eigenvalue weighted by Crippen LogP contribution is -2.46. The van der Waals surface area contributed by atoms with Crippen LogP contribution in [0.3, 0.4) is 0 Å². The minimum Gasteiger partial charge on any atom is -0.346 e. The molecule has 0 atom stereocenters. The van der Waals surface area contributed by atoms with Crippen LogP contribution in [0.1, 0.15) is 0 Å². The van der Waals surface area contributed by atoms with E-state index in [0.717, 1.165) is 24.3 Å². The lowest BCUT2D eigenvalue weighted by Gasteiger charge is -2.24. The fourth-order valence-corrected chi connectivity index (χ4v) is 1.63. The molecule has 25 heavy (non-hydrogen) atoms. The maximum atomic E-state index is 12.6. The zero-order valence-corrected chi connectivity index (χ0v) is 12.1. The van der Waals surface area contributed by atoms with Crippen molar-refractivity contribution >= 4 is 23.2 Å². The summed E-state index contributed by atoms with van der Waals surface area (Å²) in [5.74, 6) is -4.67. The molecule has 2 amide bonds. The molecular weight excluding hydrogens is 360 g/mol. The lowest BCUT2D eigenvalue weighted by atomic mass is 10.2. The van der Waals surface area contributed by atoms with Crippen molar-refractivity contribution in [2.45, 2.75) is 12.4 Å². The molecule has 0 aliphatic rings. The van der Waals surface area contributed by atoms with Crippen LogP contribution in [0.5, 0.6) is 0 Å². The van der Waals surface area contributed by atoms with Gasteiger partial charge in [-0.1, -0.05) is 17.2 Å². The average Bonchev–Trinajstić information content (AvgIpc) is 2.50. The van der Waals surface area contributed by atoms with Crippen molar-refractivity contribution in [2.24, 2.45) is 5.11 Å². The van der Waals surface area contributed by atoms with E-state index >= 15 is 0 Å². The zero-order chi connectivity index (χ0) is 19.3. The van der Waals surface area contributed by atoms with E-state index in [1.54, 1.807) is 0 Å². The molecule has 0 fully saturated rings. The van der Waals surface area contributed by atoms with E-state index in [0.29, 0.717) is 0 Å². The highest BCUT2D eigenvalue weighted by molar-refractivity contribution is 5.97. The molecule has 0 unspecified atom stereocenters. The van der Waals surface area contributed by atoms with Crippen LogP contribution in [0, 0.1) is 0 Å². The Labute approximate surface area is 135 Å². The number of halogens is 6. The van der Waals surface area contributed by atoms with E-state index in [-0.39, 0.29) is 16.3 Å². The number of alkyl halides is 6. The van der Waals surface area contributed by atoms with Gasteiger partial charge in [0.2, 0.25) is 0 Å². The Hall–Kier alpha value is -2.95. The van der Waals surface area contributed by atoms with E-state index in [1.165, 1.54) is 5.32 Å². The molecule has 0 saturated heterocycles. The summed E-state index contributed by atoms with van der Waals surface area (Å²) < 4.78 is 74.1. The number of carbonyl (C=O) groups excluding carboxylic acids is 2. The molecule has 7 nitrogen and oxygen atoms in total. The first-order valence-corrected chi connectivity index (χ1v) is 6.35. The van der Waals surface area contributed by atoms with Crippen LogP contribution in [0.25, 0.3) is 10.4 Å². The maximum Gasteiger partial charge on any atom is 0.471 e. The normalized spacial score (nSPS) is 11.4. The second-order valence-electron chi connectivity index (χ2n) is 4.41. The van der Waals surface area contributed by atoms with Crippen LogP contribution in [-0.2, 0) is 9.59 Å². The molecule has 0 heterocycles. The van der Waals surface area contributed by atoms with Gasteiger partial charge in [0.15, 0.2) is 0 Å². The number of benzene rings is 1. The molecule has 1 aromatic rings. The van der Waals surface area contributed by atoms with Crippen LogP contribution in [0.4, 0.5) is 37.7 Å². The summed E-state index contributed by atoms with van der Waals surface area (Å²) >= 11 is 0. The topological polar surface area (TPSA) is 98.2 Å². The third-order valence-corrected chi connectivity index (χ3v) is 2.69. The van der Waals surface area contributed by atoms with Crippen molar-refractivity contribution in [3.05, 3.63) is 34.7 Å². The smallest absolute Gasteiger partial charge is 0.346 e. The monoisotopic (exact) mass is 369 g/mol. The van der Waals surface area contributed by atoms with E-state index in [2.05, 4.69) is 10.0 Å². The van der Waals surface area contributed by atoms with Gasteiger partial charge in [-0.15, -0.1) is 0 Å². The Morgan fingerprint density at radius 3 is 2.08 bits per heavy atom. The van der Waals surface area contributed by atoms with Gasteiger partial charge in [0.1, 0.15) is 0 Å². The van der Waals surface area contributed by atoms with Gasteiger partial charge in [-0.25, -0.2) is 0 Å². The summed E-state index contributed by atoms with van der Waals surface area (Å²) in [7, 11) is 0. The fourth-order valence-electron chi connectivity index (χ4n) is 1.63. The molecule has 0 radical (unpaired) electrons. The Bertz CT molecular complexity index is 679.